The van der Waals surface area contributed by atoms with E-state index < -0.39 is 138 Å². The molecule has 0 spiro atoms. The van der Waals surface area contributed by atoms with E-state index in [4.69, 9.17) is 45.9 Å². The zero-order chi connectivity index (χ0) is 73.1. The standard InChI is InChI=1S/C66H105N21O13/c67-25-9-5-17-45(58(91)84-51(66(99)100)19-7-11-27-69)80-63(96)52(33-39-36-75-43-15-3-1-13-41(39)43)85-59(92)46(18-6-10-26-68)79-60(93)48(22-29-71)81-61(94)49(23-30-72)82-64(97)53(34-40-37-76-44-16-4-2-14-42(40)44)86-62(95)50(24-31-73)83-65(98)54-20-8-12-32-87(54)56(89)38-77-57(90)47(21-28-70)78-55(88)35-74/h1-4,13-16,36-37,45-54,75-76H,5-12,17-35,38,67-74H2,(H,77,90)(H,78,88)(H,79,93)(H,80,96)(H,81,94)(H,82,97)(H,83,98)(H,84,91)(H,85,92)(H,86,95)(H,99,100)/t45-,46-,47-,48-,49-,50-,51-,52-,53-,54-/m0/s1. The number of rotatable bonds is 46. The minimum Gasteiger partial charge on any atom is -0.480 e. The topological polar surface area (TPSA) is 588 Å². The molecule has 1 aliphatic rings. The first-order valence-corrected chi connectivity index (χ1v) is 34.4. The van der Waals surface area contributed by atoms with E-state index >= 15 is 0 Å². The van der Waals surface area contributed by atoms with Crippen molar-refractivity contribution >= 4 is 92.8 Å². The van der Waals surface area contributed by atoms with E-state index in [9.17, 15) is 62.6 Å². The van der Waals surface area contributed by atoms with Crippen LogP contribution in [0.1, 0.15) is 114 Å². The Hall–Kier alpha value is -9.16. The molecule has 11 amide bonds. The highest BCUT2D eigenvalue weighted by atomic mass is 16.4. The number of carbonyl (C=O) groups is 12. The second kappa shape index (κ2) is 43.4. The first kappa shape index (κ1) is 81.5. The van der Waals surface area contributed by atoms with Crippen molar-refractivity contribution < 1.29 is 62.6 Å². The van der Waals surface area contributed by atoms with E-state index in [1.165, 1.54) is 4.90 Å². The lowest BCUT2D eigenvalue weighted by atomic mass is 10.00. The van der Waals surface area contributed by atoms with Crippen LogP contribution >= 0.6 is 0 Å². The van der Waals surface area contributed by atoms with Gasteiger partial charge in [-0.2, -0.15) is 0 Å². The van der Waals surface area contributed by atoms with E-state index in [-0.39, 0.29) is 117 Å². The normalized spacial score (nSPS) is 15.6. The molecular formula is C66H105N21O13. The Morgan fingerprint density at radius 2 is 0.780 bits per heavy atom. The lowest BCUT2D eigenvalue weighted by molar-refractivity contribution is -0.143. The Morgan fingerprint density at radius 3 is 1.18 bits per heavy atom. The number of nitrogens with zero attached hydrogens (tertiary/aromatic N) is 1. The highest BCUT2D eigenvalue weighted by Crippen LogP contribution is 2.23. The third kappa shape index (κ3) is 25.5. The summed E-state index contributed by atoms with van der Waals surface area (Å²) in [4.78, 5) is 175. The van der Waals surface area contributed by atoms with Gasteiger partial charge < -0.3 is 119 Å². The van der Waals surface area contributed by atoms with Crippen LogP contribution in [0, 0.1) is 0 Å². The van der Waals surface area contributed by atoms with Crippen molar-refractivity contribution in [2.45, 2.75) is 176 Å². The maximum Gasteiger partial charge on any atom is 0.326 e. The van der Waals surface area contributed by atoms with Crippen molar-refractivity contribution in [2.75, 3.05) is 65.4 Å². The molecule has 2 aromatic carbocycles. The maximum absolute atomic E-state index is 14.8. The largest absolute Gasteiger partial charge is 0.480 e. The lowest BCUT2D eigenvalue weighted by Gasteiger charge is -2.35. The van der Waals surface area contributed by atoms with Gasteiger partial charge in [-0.25, -0.2) is 4.79 Å². The predicted molar refractivity (Wildman–Crippen MR) is 374 cm³/mol. The SMILES string of the molecule is NCCCC[C@H](NC(=O)[C@H](CCCCN)NC(=O)[C@H](Cc1c[nH]c2ccccc12)NC(=O)[C@H](CCCCN)NC(=O)[C@H](CCN)NC(=O)[C@H](CCN)NC(=O)[C@H](Cc1c[nH]c2ccccc12)NC(=O)[C@H](CCN)NC(=O)[C@@H]1CCCCN1C(=O)CNC(=O)[C@H](CCN)NC(=O)CN)C(=O)O. The molecule has 34 nitrogen and oxygen atoms in total. The molecule has 3 heterocycles. The summed E-state index contributed by atoms with van der Waals surface area (Å²) < 4.78 is 0. The van der Waals surface area contributed by atoms with Crippen molar-refractivity contribution in [2.24, 2.45) is 45.9 Å². The van der Waals surface area contributed by atoms with Gasteiger partial charge in [0.2, 0.25) is 65.0 Å². The average molecular weight is 1400 g/mol. The number of fused-ring (bicyclic) bond motifs is 2. The van der Waals surface area contributed by atoms with Crippen LogP contribution < -0.4 is 99.0 Å². The fourth-order valence-electron chi connectivity index (χ4n) is 11.8. The van der Waals surface area contributed by atoms with Gasteiger partial charge in [0, 0.05) is 53.6 Å². The molecule has 4 aromatic rings. The van der Waals surface area contributed by atoms with Crippen LogP contribution in [0.4, 0.5) is 0 Å². The second-order valence-corrected chi connectivity index (χ2v) is 24.8. The molecule has 1 aliphatic heterocycles. The molecule has 1 saturated heterocycles. The van der Waals surface area contributed by atoms with Gasteiger partial charge in [-0.1, -0.05) is 36.4 Å². The van der Waals surface area contributed by atoms with Crippen LogP contribution in [-0.2, 0) is 70.4 Å². The van der Waals surface area contributed by atoms with Crippen LogP contribution in [0.25, 0.3) is 21.8 Å². The van der Waals surface area contributed by atoms with Crippen molar-refractivity contribution in [3.63, 3.8) is 0 Å². The number of unbranched alkanes of at least 4 members (excludes halogenated alkanes) is 3. The summed E-state index contributed by atoms with van der Waals surface area (Å²) in [5.74, 6) is -9.76. The Morgan fingerprint density at radius 1 is 0.420 bits per heavy atom. The number of hydrogen-bond acceptors (Lipinski definition) is 20. The van der Waals surface area contributed by atoms with E-state index in [0.29, 0.717) is 79.9 Å². The minimum atomic E-state index is -1.46. The van der Waals surface area contributed by atoms with E-state index in [0.717, 1.165) is 10.9 Å². The number of hydrogen-bond donors (Lipinski definition) is 21. The molecule has 5 rings (SSSR count). The molecule has 0 radical (unpaired) electrons. The predicted octanol–water partition coefficient (Wildman–Crippen LogP) is -4.88. The van der Waals surface area contributed by atoms with Crippen LogP contribution in [0.3, 0.4) is 0 Å². The van der Waals surface area contributed by atoms with Crippen LogP contribution in [0.2, 0.25) is 0 Å². The number of carbonyl (C=O) groups excluding carboxylic acids is 11. The summed E-state index contributed by atoms with van der Waals surface area (Å²) in [7, 11) is 0. The molecule has 2 aromatic heterocycles. The molecule has 0 saturated carbocycles. The number of aliphatic carboxylic acids is 1. The van der Waals surface area contributed by atoms with Gasteiger partial charge in [-0.3, -0.25) is 52.7 Å². The van der Waals surface area contributed by atoms with E-state index in [1.54, 1.807) is 36.7 Å². The van der Waals surface area contributed by atoms with Crippen molar-refractivity contribution in [1.82, 2.24) is 68.0 Å². The third-order valence-corrected chi connectivity index (χ3v) is 17.3. The smallest absolute Gasteiger partial charge is 0.326 e. The van der Waals surface area contributed by atoms with Crippen molar-refractivity contribution in [3.05, 3.63) is 72.1 Å². The van der Waals surface area contributed by atoms with Crippen LogP contribution in [-0.4, -0.2) is 217 Å². The van der Waals surface area contributed by atoms with Crippen LogP contribution in [0.5, 0.6) is 0 Å². The zero-order valence-corrected chi connectivity index (χ0v) is 56.8. The number of carboxylic acid groups (broad SMARTS) is 1. The van der Waals surface area contributed by atoms with Gasteiger partial charge in [0.05, 0.1) is 13.1 Å². The number of para-hydroxylation sites is 2. The second-order valence-electron chi connectivity index (χ2n) is 24.8. The van der Waals surface area contributed by atoms with Crippen LogP contribution in [0.15, 0.2) is 60.9 Å². The van der Waals surface area contributed by atoms with Gasteiger partial charge in [-0.05, 0) is 172 Å². The third-order valence-electron chi connectivity index (χ3n) is 17.3. The Bertz CT molecular complexity index is 3350. The highest BCUT2D eigenvalue weighted by Gasteiger charge is 2.38. The molecule has 1 fully saturated rings. The summed E-state index contributed by atoms with van der Waals surface area (Å²) in [6, 6.07) is 1.25. The summed E-state index contributed by atoms with van der Waals surface area (Å²) in [5.41, 5.74) is 49.1. The summed E-state index contributed by atoms with van der Waals surface area (Å²) in [6.07, 6.45) is 6.51. The van der Waals surface area contributed by atoms with Gasteiger partial charge >= 0.3 is 5.97 Å². The summed E-state index contributed by atoms with van der Waals surface area (Å²) >= 11 is 0. The zero-order valence-electron chi connectivity index (χ0n) is 56.8. The molecule has 0 unspecified atom stereocenters. The minimum absolute atomic E-state index is 0.00788. The number of nitrogens with one attached hydrogen (secondary N) is 12. The molecule has 100 heavy (non-hydrogen) atoms. The molecule has 34 heteroatoms. The number of aromatic nitrogens is 2. The monoisotopic (exact) mass is 1400 g/mol. The molecule has 29 N–H and O–H groups in total. The molecular weight excluding hydrogens is 1290 g/mol. The van der Waals surface area contributed by atoms with Crippen molar-refractivity contribution in [3.8, 4) is 0 Å². The Labute approximate surface area is 580 Å². The quantitative estimate of drug-likeness (QED) is 0.0184. The number of benzene rings is 2. The molecule has 0 bridgehead atoms. The van der Waals surface area contributed by atoms with Gasteiger partial charge in [0.25, 0.3) is 0 Å². The molecule has 10 atom stereocenters. The summed E-state index contributed by atoms with van der Waals surface area (Å²) in [5, 5.41) is 38.0. The maximum atomic E-state index is 14.8. The average Bonchev–Trinajstić information content (AvgIpc) is 1.63. The molecule has 552 valence electrons. The van der Waals surface area contributed by atoms with Crippen molar-refractivity contribution in [1.29, 1.82) is 0 Å². The number of carboxylic acids is 1. The van der Waals surface area contributed by atoms with E-state index in [1.807, 2.05) is 24.3 Å². The number of nitrogens with two attached hydrogens (primary N) is 8. The first-order valence-electron chi connectivity index (χ1n) is 34.4. The van der Waals surface area contributed by atoms with E-state index in [2.05, 4.69) is 63.1 Å². The van der Waals surface area contributed by atoms with Gasteiger partial charge in [0.15, 0.2) is 0 Å². The number of piperidine rings is 1. The number of likely N-dealkylation sites (tertiary alicyclic amines) is 1. The number of amides is 11. The number of aromatic amines is 2. The summed E-state index contributed by atoms with van der Waals surface area (Å²) in [6.45, 7) is -0.363. The lowest BCUT2D eigenvalue weighted by Crippen LogP contribution is -2.61. The van der Waals surface area contributed by atoms with Gasteiger partial charge in [0.1, 0.15) is 60.4 Å². The first-order chi connectivity index (χ1) is 48.1. The molecule has 0 aliphatic carbocycles. The Kier molecular flexibility index (Phi) is 35.4. The highest BCUT2D eigenvalue weighted by molar-refractivity contribution is 6.00. The fourth-order valence-corrected chi connectivity index (χ4v) is 11.8. The Balaban J connectivity index is 1.37. The number of H-pyrrole nitrogens is 2. The fraction of sp³-hybridized carbons (Fsp3) is 0.576. The van der Waals surface area contributed by atoms with Gasteiger partial charge in [-0.15, -0.1) is 0 Å².